The molecule has 1 saturated heterocycles. The number of amides is 1. The van der Waals surface area contributed by atoms with Crippen LogP contribution in [0.25, 0.3) is 0 Å². The van der Waals surface area contributed by atoms with Gasteiger partial charge in [0.05, 0.1) is 13.7 Å². The molecule has 28 heavy (non-hydrogen) atoms. The van der Waals surface area contributed by atoms with E-state index in [1.54, 1.807) is 17.2 Å². The number of hydrogen-bond donors (Lipinski definition) is 0. The van der Waals surface area contributed by atoms with Gasteiger partial charge < -0.3 is 23.8 Å². The summed E-state index contributed by atoms with van der Waals surface area (Å²) >= 11 is 0. The summed E-state index contributed by atoms with van der Waals surface area (Å²) in [5.41, 5.74) is 0. The van der Waals surface area contributed by atoms with Crippen LogP contribution in [0.2, 0.25) is 0 Å². The van der Waals surface area contributed by atoms with Gasteiger partial charge in [0.25, 0.3) is 5.91 Å². The molecule has 3 unspecified atom stereocenters. The van der Waals surface area contributed by atoms with Crippen molar-refractivity contribution in [2.45, 2.75) is 38.1 Å². The van der Waals surface area contributed by atoms with Gasteiger partial charge >= 0.3 is 6.01 Å². The standard InChI is InChI=1S/C20H23N3O5/c1-13-18(28-16-8-4-3-7-15(16)26-13)19(24)23-11-5-6-14(12-23)27-17-9-10-21-20(22-17)25-2/h3-4,7-10,13-14,18H,5-6,11-12H2,1-2H3. The van der Waals surface area contributed by atoms with Crippen LogP contribution in [0.5, 0.6) is 23.4 Å². The monoisotopic (exact) mass is 385 g/mol. The molecule has 0 saturated carbocycles. The molecular weight excluding hydrogens is 362 g/mol. The first kappa shape index (κ1) is 18.3. The fourth-order valence-corrected chi connectivity index (χ4v) is 3.47. The molecule has 2 aromatic rings. The van der Waals surface area contributed by atoms with Gasteiger partial charge in [0.1, 0.15) is 12.2 Å². The minimum Gasteiger partial charge on any atom is -0.482 e. The lowest BCUT2D eigenvalue weighted by Crippen LogP contribution is -2.54. The van der Waals surface area contributed by atoms with Gasteiger partial charge in [0.2, 0.25) is 12.0 Å². The Hall–Kier alpha value is -3.03. The van der Waals surface area contributed by atoms with Crippen molar-refractivity contribution < 1.29 is 23.7 Å². The Morgan fingerprint density at radius 3 is 2.79 bits per heavy atom. The molecule has 8 nitrogen and oxygen atoms in total. The fraction of sp³-hybridized carbons (Fsp3) is 0.450. The van der Waals surface area contributed by atoms with Crippen molar-refractivity contribution in [1.29, 1.82) is 0 Å². The van der Waals surface area contributed by atoms with Crippen LogP contribution in [-0.4, -0.2) is 59.3 Å². The molecule has 8 heteroatoms. The predicted octanol–water partition coefficient (Wildman–Crippen LogP) is 2.08. The molecule has 0 bridgehead atoms. The molecule has 1 aromatic heterocycles. The normalized spacial score (nSPS) is 23.8. The summed E-state index contributed by atoms with van der Waals surface area (Å²) in [5, 5.41) is 0. The van der Waals surface area contributed by atoms with Gasteiger partial charge in [-0.15, -0.1) is 0 Å². The van der Waals surface area contributed by atoms with E-state index in [0.717, 1.165) is 12.8 Å². The van der Waals surface area contributed by atoms with Gasteiger partial charge in [0, 0.05) is 18.8 Å². The number of likely N-dealkylation sites (tertiary alicyclic amines) is 1. The Balaban J connectivity index is 1.42. The summed E-state index contributed by atoms with van der Waals surface area (Å²) in [6.07, 6.45) is 2.08. The number of nitrogens with zero attached hydrogens (tertiary/aromatic N) is 3. The molecule has 4 rings (SSSR count). The maximum atomic E-state index is 13.1. The summed E-state index contributed by atoms with van der Waals surface area (Å²) in [4.78, 5) is 23.0. The van der Waals surface area contributed by atoms with E-state index >= 15 is 0 Å². The van der Waals surface area contributed by atoms with Crippen molar-refractivity contribution in [1.82, 2.24) is 14.9 Å². The third-order valence-electron chi connectivity index (χ3n) is 4.85. The summed E-state index contributed by atoms with van der Waals surface area (Å²) < 4.78 is 22.8. The van der Waals surface area contributed by atoms with Crippen LogP contribution in [0.15, 0.2) is 36.5 Å². The second-order valence-electron chi connectivity index (χ2n) is 6.86. The van der Waals surface area contributed by atoms with Crippen molar-refractivity contribution >= 4 is 5.91 Å². The molecule has 1 fully saturated rings. The minimum absolute atomic E-state index is 0.0874. The van der Waals surface area contributed by atoms with Gasteiger partial charge in [-0.05, 0) is 31.9 Å². The van der Waals surface area contributed by atoms with Crippen LogP contribution in [0.4, 0.5) is 0 Å². The number of piperidine rings is 1. The van der Waals surface area contributed by atoms with Crippen LogP contribution in [0.3, 0.4) is 0 Å². The number of carbonyl (C=O) groups is 1. The van der Waals surface area contributed by atoms with Crippen molar-refractivity contribution in [3.8, 4) is 23.4 Å². The van der Waals surface area contributed by atoms with Crippen LogP contribution >= 0.6 is 0 Å². The first-order valence-corrected chi connectivity index (χ1v) is 9.39. The highest BCUT2D eigenvalue weighted by molar-refractivity contribution is 5.82. The second kappa shape index (κ2) is 7.92. The van der Waals surface area contributed by atoms with E-state index in [1.165, 1.54) is 7.11 Å². The van der Waals surface area contributed by atoms with Crippen molar-refractivity contribution in [3.63, 3.8) is 0 Å². The van der Waals surface area contributed by atoms with Crippen LogP contribution in [0, 0.1) is 0 Å². The molecular formula is C20H23N3O5. The van der Waals surface area contributed by atoms with E-state index in [2.05, 4.69) is 9.97 Å². The van der Waals surface area contributed by atoms with Gasteiger partial charge in [-0.1, -0.05) is 12.1 Å². The van der Waals surface area contributed by atoms with Crippen molar-refractivity contribution in [2.24, 2.45) is 0 Å². The maximum absolute atomic E-state index is 13.1. The molecule has 1 aromatic carbocycles. The molecule has 2 aliphatic rings. The van der Waals surface area contributed by atoms with Gasteiger partial charge in [-0.25, -0.2) is 4.98 Å². The molecule has 1 amide bonds. The summed E-state index contributed by atoms with van der Waals surface area (Å²) in [7, 11) is 1.51. The first-order valence-electron chi connectivity index (χ1n) is 9.39. The van der Waals surface area contributed by atoms with Crippen LogP contribution in [0.1, 0.15) is 19.8 Å². The molecule has 0 spiro atoms. The number of aromatic nitrogens is 2. The Bertz CT molecular complexity index is 846. The number of methoxy groups -OCH3 is 1. The largest absolute Gasteiger partial charge is 0.482 e. The van der Waals surface area contributed by atoms with Crippen LogP contribution in [-0.2, 0) is 4.79 Å². The molecule has 0 aliphatic carbocycles. The van der Waals surface area contributed by atoms with E-state index in [0.29, 0.717) is 30.5 Å². The van der Waals surface area contributed by atoms with Crippen molar-refractivity contribution in [2.75, 3.05) is 20.2 Å². The highest BCUT2D eigenvalue weighted by atomic mass is 16.6. The Morgan fingerprint density at radius 2 is 2.00 bits per heavy atom. The number of ether oxygens (including phenoxy) is 4. The van der Waals surface area contributed by atoms with E-state index in [1.807, 2.05) is 31.2 Å². The number of para-hydroxylation sites is 2. The number of carbonyl (C=O) groups excluding carboxylic acids is 1. The lowest BCUT2D eigenvalue weighted by atomic mass is 10.1. The minimum atomic E-state index is -0.673. The third kappa shape index (κ3) is 3.81. The molecule has 0 radical (unpaired) electrons. The summed E-state index contributed by atoms with van der Waals surface area (Å²) in [6.45, 7) is 2.99. The zero-order chi connectivity index (χ0) is 19.5. The lowest BCUT2D eigenvalue weighted by molar-refractivity contribution is -0.147. The predicted molar refractivity (Wildman–Crippen MR) is 99.8 cm³/mol. The van der Waals surface area contributed by atoms with E-state index in [9.17, 15) is 4.79 Å². The number of hydrogen-bond acceptors (Lipinski definition) is 7. The van der Waals surface area contributed by atoms with E-state index in [-0.39, 0.29) is 24.1 Å². The number of benzene rings is 1. The highest BCUT2D eigenvalue weighted by Gasteiger charge is 2.38. The zero-order valence-electron chi connectivity index (χ0n) is 15.9. The molecule has 3 atom stereocenters. The zero-order valence-corrected chi connectivity index (χ0v) is 15.9. The molecule has 148 valence electrons. The lowest BCUT2D eigenvalue weighted by Gasteiger charge is -2.37. The number of fused-ring (bicyclic) bond motifs is 1. The van der Waals surface area contributed by atoms with Crippen molar-refractivity contribution in [3.05, 3.63) is 36.5 Å². The Morgan fingerprint density at radius 1 is 1.21 bits per heavy atom. The molecule has 0 N–H and O–H groups in total. The SMILES string of the molecule is COc1nccc(OC2CCCN(C(=O)C3Oc4ccccc4OC3C)C2)n1. The average Bonchev–Trinajstić information content (AvgIpc) is 2.73. The molecule has 2 aliphatic heterocycles. The first-order chi connectivity index (χ1) is 13.6. The number of rotatable bonds is 4. The maximum Gasteiger partial charge on any atom is 0.319 e. The van der Waals surface area contributed by atoms with E-state index in [4.69, 9.17) is 18.9 Å². The third-order valence-corrected chi connectivity index (χ3v) is 4.85. The second-order valence-corrected chi connectivity index (χ2v) is 6.86. The Kier molecular flexibility index (Phi) is 5.18. The summed E-state index contributed by atoms with van der Waals surface area (Å²) in [6, 6.07) is 9.33. The molecule has 3 heterocycles. The highest BCUT2D eigenvalue weighted by Crippen LogP contribution is 2.34. The smallest absolute Gasteiger partial charge is 0.319 e. The Labute approximate surface area is 163 Å². The topological polar surface area (TPSA) is 83.0 Å². The van der Waals surface area contributed by atoms with E-state index < -0.39 is 6.10 Å². The van der Waals surface area contributed by atoms with Gasteiger partial charge in [-0.3, -0.25) is 4.79 Å². The average molecular weight is 385 g/mol. The summed E-state index contributed by atoms with van der Waals surface area (Å²) in [5.74, 6) is 1.61. The van der Waals surface area contributed by atoms with Gasteiger partial charge in [-0.2, -0.15) is 4.98 Å². The van der Waals surface area contributed by atoms with Gasteiger partial charge in [0.15, 0.2) is 11.5 Å². The van der Waals surface area contributed by atoms with Crippen LogP contribution < -0.4 is 18.9 Å². The quantitative estimate of drug-likeness (QED) is 0.797. The fourth-order valence-electron chi connectivity index (χ4n) is 3.47.